The normalized spacial score (nSPS) is 20.5. The first kappa shape index (κ1) is 39.6. The molecule has 0 aliphatic carbocycles. The quantitative estimate of drug-likeness (QED) is 0.0805. The molecule has 1 heterocycles. The van der Waals surface area contributed by atoms with Gasteiger partial charge >= 0.3 is 0 Å². The molecule has 0 radical (unpaired) electrons. The zero-order valence-corrected chi connectivity index (χ0v) is 32.1. The fourth-order valence-electron chi connectivity index (χ4n) is 6.03. The van der Waals surface area contributed by atoms with E-state index in [0.29, 0.717) is 18.1 Å². The number of aryl methyl sites for hydroxylation is 1. The fourth-order valence-corrected chi connectivity index (χ4v) is 8.89. The summed E-state index contributed by atoms with van der Waals surface area (Å²) in [5.41, 5.74) is 2.12. The van der Waals surface area contributed by atoms with E-state index in [1.54, 1.807) is 16.4 Å². The lowest BCUT2D eigenvalue weighted by atomic mass is 9.88. The SMILES string of the molecule is C=C[C@@H](C)[C@H](O)CCCCCCCCCC[C@H]1[C@@H](OCc2ccccc2)[C@@H](CO[Si](C)(C)C(C)(C)C)N1S(=O)(=O)c1ccc(C)cc1. The van der Waals surface area contributed by atoms with Crippen molar-refractivity contribution in [3.05, 3.63) is 78.4 Å². The maximum Gasteiger partial charge on any atom is 0.243 e. The van der Waals surface area contributed by atoms with Crippen LogP contribution in [0, 0.1) is 12.8 Å². The molecule has 47 heavy (non-hydrogen) atoms. The van der Waals surface area contributed by atoms with Crippen LogP contribution in [0.4, 0.5) is 0 Å². The van der Waals surface area contributed by atoms with E-state index in [2.05, 4.69) is 52.6 Å². The van der Waals surface area contributed by atoms with Crippen LogP contribution in [0.5, 0.6) is 0 Å². The lowest BCUT2D eigenvalue weighted by Gasteiger charge is -2.54. The lowest BCUT2D eigenvalue weighted by molar-refractivity contribution is -0.131. The van der Waals surface area contributed by atoms with Crippen LogP contribution < -0.4 is 0 Å². The Morgan fingerprint density at radius 1 is 0.915 bits per heavy atom. The number of ether oxygens (including phenoxy) is 1. The van der Waals surface area contributed by atoms with Gasteiger partial charge in [0.25, 0.3) is 0 Å². The van der Waals surface area contributed by atoms with Gasteiger partial charge in [-0.25, -0.2) is 8.42 Å². The van der Waals surface area contributed by atoms with Crippen molar-refractivity contribution in [3.8, 4) is 0 Å². The molecular weight excluding hydrogens is 623 g/mol. The van der Waals surface area contributed by atoms with Gasteiger partial charge in [-0.05, 0) is 61.5 Å². The molecule has 0 spiro atoms. The molecule has 0 unspecified atom stereocenters. The number of unbranched alkanes of at least 4 members (excludes halogenated alkanes) is 7. The van der Waals surface area contributed by atoms with Crippen molar-refractivity contribution in [3.63, 3.8) is 0 Å². The summed E-state index contributed by atoms with van der Waals surface area (Å²) in [5, 5.41) is 10.1. The molecule has 2 aromatic rings. The summed E-state index contributed by atoms with van der Waals surface area (Å²) in [7, 11) is -5.87. The average Bonchev–Trinajstić information content (AvgIpc) is 3.02. The van der Waals surface area contributed by atoms with Gasteiger partial charge in [0.1, 0.15) is 0 Å². The minimum atomic E-state index is -3.74. The number of benzene rings is 2. The molecule has 0 saturated carbocycles. The predicted molar refractivity (Wildman–Crippen MR) is 197 cm³/mol. The molecular formula is C39H63NO5SSi. The molecule has 0 amide bonds. The Hall–Kier alpha value is -1.81. The molecule has 0 aromatic heterocycles. The maximum atomic E-state index is 14.3. The molecule has 1 fully saturated rings. The highest BCUT2D eigenvalue weighted by Gasteiger charge is 2.55. The summed E-state index contributed by atoms with van der Waals surface area (Å²) < 4.78 is 43.5. The van der Waals surface area contributed by atoms with E-state index in [0.717, 1.165) is 56.1 Å². The maximum absolute atomic E-state index is 14.3. The molecule has 1 N–H and O–H groups in total. The van der Waals surface area contributed by atoms with E-state index in [9.17, 15) is 13.5 Å². The summed E-state index contributed by atoms with van der Waals surface area (Å²) in [6, 6.07) is 16.7. The molecule has 8 heteroatoms. The Balaban J connectivity index is 1.67. The molecule has 1 aliphatic heterocycles. The summed E-state index contributed by atoms with van der Waals surface area (Å²) in [6.07, 6.45) is 11.8. The monoisotopic (exact) mass is 685 g/mol. The van der Waals surface area contributed by atoms with Crippen LogP contribution in [0.2, 0.25) is 18.1 Å². The molecule has 3 rings (SSSR count). The second kappa shape index (κ2) is 18.3. The minimum absolute atomic E-state index is 0.0164. The van der Waals surface area contributed by atoms with E-state index in [1.807, 2.05) is 50.3 Å². The van der Waals surface area contributed by atoms with Gasteiger partial charge in [-0.1, -0.05) is 133 Å². The first-order valence-corrected chi connectivity index (χ1v) is 22.2. The van der Waals surface area contributed by atoms with Gasteiger partial charge in [0.05, 0.1) is 42.4 Å². The van der Waals surface area contributed by atoms with Crippen LogP contribution in [0.25, 0.3) is 0 Å². The number of rotatable bonds is 21. The first-order valence-electron chi connectivity index (χ1n) is 17.9. The summed E-state index contributed by atoms with van der Waals surface area (Å²) in [5.74, 6) is 0.150. The van der Waals surface area contributed by atoms with Crippen LogP contribution in [-0.2, 0) is 25.8 Å². The third-order valence-electron chi connectivity index (χ3n) is 10.4. The lowest BCUT2D eigenvalue weighted by Crippen LogP contribution is -2.71. The first-order chi connectivity index (χ1) is 22.2. The smallest absolute Gasteiger partial charge is 0.243 e. The molecule has 2 aromatic carbocycles. The van der Waals surface area contributed by atoms with Crippen LogP contribution in [-0.4, -0.2) is 57.0 Å². The Labute approximate surface area is 288 Å². The molecule has 1 saturated heterocycles. The highest BCUT2D eigenvalue weighted by atomic mass is 32.2. The van der Waals surface area contributed by atoms with Crippen molar-refractivity contribution in [2.24, 2.45) is 5.92 Å². The fraction of sp³-hybridized carbons (Fsp3) is 0.641. The van der Waals surface area contributed by atoms with Gasteiger partial charge < -0.3 is 14.3 Å². The zero-order chi connectivity index (χ0) is 34.7. The standard InChI is InChI=1S/C39H63NO5SSi/c1-9-32(3)37(41)24-20-15-13-11-10-12-14-19-23-35-38(44-29-33-21-17-16-18-22-33)36(30-45-47(7,8)39(4,5)6)40(35)46(42,43)34-27-25-31(2)26-28-34/h9,16-18,21-22,25-28,32,35-38,41H,1,10-15,19-20,23-24,29-30H2,2-8H3/t32-,35+,36-,37-,38-/m1/s1. The van der Waals surface area contributed by atoms with E-state index < -0.39 is 18.3 Å². The zero-order valence-electron chi connectivity index (χ0n) is 30.3. The molecule has 6 nitrogen and oxygen atoms in total. The van der Waals surface area contributed by atoms with Crippen LogP contribution in [0.15, 0.2) is 72.1 Å². The molecule has 1 aliphatic rings. The Morgan fingerprint density at radius 2 is 1.49 bits per heavy atom. The number of hydrogen-bond donors (Lipinski definition) is 1. The predicted octanol–water partition coefficient (Wildman–Crippen LogP) is 9.43. The van der Waals surface area contributed by atoms with Crippen molar-refractivity contribution in [2.45, 2.75) is 153 Å². The van der Waals surface area contributed by atoms with Crippen LogP contribution in [0.3, 0.4) is 0 Å². The van der Waals surface area contributed by atoms with Crippen LogP contribution in [0.1, 0.15) is 103 Å². The number of sulfonamides is 1. The summed E-state index contributed by atoms with van der Waals surface area (Å²) in [6.45, 7) is 19.6. The van der Waals surface area contributed by atoms with Crippen molar-refractivity contribution in [2.75, 3.05) is 6.61 Å². The van der Waals surface area contributed by atoms with Gasteiger partial charge in [0, 0.05) is 0 Å². The van der Waals surface area contributed by atoms with E-state index in [1.165, 1.54) is 19.3 Å². The van der Waals surface area contributed by atoms with Crippen molar-refractivity contribution in [1.29, 1.82) is 0 Å². The van der Waals surface area contributed by atoms with Crippen molar-refractivity contribution < 1.29 is 22.7 Å². The summed E-state index contributed by atoms with van der Waals surface area (Å²) in [4.78, 5) is 0.332. The minimum Gasteiger partial charge on any atom is -0.415 e. The van der Waals surface area contributed by atoms with Gasteiger partial charge in [-0.15, -0.1) is 6.58 Å². The molecule has 0 bridgehead atoms. The largest absolute Gasteiger partial charge is 0.415 e. The summed E-state index contributed by atoms with van der Waals surface area (Å²) >= 11 is 0. The van der Waals surface area contributed by atoms with Gasteiger partial charge in [-0.3, -0.25) is 0 Å². The molecule has 264 valence electrons. The Morgan fingerprint density at radius 3 is 2.06 bits per heavy atom. The number of aliphatic hydroxyl groups is 1. The van der Waals surface area contributed by atoms with E-state index >= 15 is 0 Å². The Bertz CT molecular complexity index is 1310. The van der Waals surface area contributed by atoms with E-state index in [4.69, 9.17) is 9.16 Å². The number of aliphatic hydroxyl groups excluding tert-OH is 1. The van der Waals surface area contributed by atoms with Gasteiger partial charge in [0.2, 0.25) is 10.0 Å². The van der Waals surface area contributed by atoms with Crippen molar-refractivity contribution in [1.82, 2.24) is 4.31 Å². The highest BCUT2D eigenvalue weighted by molar-refractivity contribution is 7.89. The molecule has 5 atom stereocenters. The van der Waals surface area contributed by atoms with Gasteiger partial charge in [-0.2, -0.15) is 4.31 Å². The van der Waals surface area contributed by atoms with E-state index in [-0.39, 0.29) is 35.2 Å². The van der Waals surface area contributed by atoms with Crippen LogP contribution >= 0.6 is 0 Å². The van der Waals surface area contributed by atoms with Gasteiger partial charge in [0.15, 0.2) is 8.32 Å². The second-order valence-corrected chi connectivity index (χ2v) is 21.8. The third-order valence-corrected chi connectivity index (χ3v) is 16.9. The Kier molecular flexibility index (Phi) is 15.4. The topological polar surface area (TPSA) is 76.1 Å². The highest BCUT2D eigenvalue weighted by Crippen LogP contribution is 2.41. The number of nitrogens with zero attached hydrogens (tertiary/aromatic N) is 1. The average molecular weight is 686 g/mol. The third kappa shape index (κ3) is 11.4. The number of hydrogen-bond acceptors (Lipinski definition) is 5. The van der Waals surface area contributed by atoms with Crippen molar-refractivity contribution >= 4 is 18.3 Å². The second-order valence-electron chi connectivity index (χ2n) is 15.2.